The van der Waals surface area contributed by atoms with Crippen LogP contribution >= 0.6 is 23.1 Å². The molecule has 0 aliphatic heterocycles. The van der Waals surface area contributed by atoms with E-state index in [4.69, 9.17) is 0 Å². The Morgan fingerprint density at radius 3 is 2.76 bits per heavy atom. The van der Waals surface area contributed by atoms with E-state index < -0.39 is 10.0 Å². The van der Waals surface area contributed by atoms with Gasteiger partial charge >= 0.3 is 0 Å². The lowest BCUT2D eigenvalue weighted by molar-refractivity contribution is 0.600. The highest BCUT2D eigenvalue weighted by atomic mass is 32.2. The third-order valence-corrected chi connectivity index (χ3v) is 5.70. The van der Waals surface area contributed by atoms with Gasteiger partial charge in [-0.3, -0.25) is 4.72 Å². The predicted octanol–water partition coefficient (Wildman–Crippen LogP) is 3.29. The molecular formula is C13H17N3O2S3. The van der Waals surface area contributed by atoms with Gasteiger partial charge in [0.05, 0.1) is 5.75 Å². The number of aromatic nitrogens is 2. The molecular weight excluding hydrogens is 326 g/mol. The zero-order chi connectivity index (χ0) is 15.5. The van der Waals surface area contributed by atoms with Crippen molar-refractivity contribution in [1.82, 2.24) is 10.2 Å². The lowest BCUT2D eigenvalue weighted by atomic mass is 10.2. The fraction of sp³-hybridized carbons (Fsp3) is 0.385. The highest BCUT2D eigenvalue weighted by Gasteiger charge is 2.15. The summed E-state index contributed by atoms with van der Waals surface area (Å²) in [7, 11) is -3.47. The van der Waals surface area contributed by atoms with Gasteiger partial charge in [0.15, 0.2) is 4.34 Å². The van der Waals surface area contributed by atoms with Crippen LogP contribution in [0.2, 0.25) is 0 Å². The first-order valence-electron chi connectivity index (χ1n) is 6.40. The standard InChI is InChI=1S/C13H17N3O2S3/c1-9(2)19-13-15-14-12(20-13)16-21(17,18)8-11-6-4-5-10(3)7-11/h4-7,9H,8H2,1-3H3,(H,14,16). The molecule has 21 heavy (non-hydrogen) atoms. The number of hydrogen-bond acceptors (Lipinski definition) is 6. The van der Waals surface area contributed by atoms with Gasteiger partial charge in [-0.05, 0) is 12.5 Å². The molecule has 0 atom stereocenters. The molecule has 0 fully saturated rings. The maximum Gasteiger partial charge on any atom is 0.238 e. The number of nitrogens with one attached hydrogen (secondary N) is 1. The summed E-state index contributed by atoms with van der Waals surface area (Å²) in [5, 5.41) is 8.53. The van der Waals surface area contributed by atoms with Crippen molar-refractivity contribution in [2.24, 2.45) is 0 Å². The Labute approximate surface area is 133 Å². The fourth-order valence-corrected chi connectivity index (χ4v) is 5.06. The number of aryl methyl sites for hydroxylation is 1. The van der Waals surface area contributed by atoms with Crippen LogP contribution in [0.15, 0.2) is 28.6 Å². The predicted molar refractivity (Wildman–Crippen MR) is 88.3 cm³/mol. The average molecular weight is 343 g/mol. The molecule has 8 heteroatoms. The van der Waals surface area contributed by atoms with E-state index >= 15 is 0 Å². The number of hydrogen-bond donors (Lipinski definition) is 1. The van der Waals surface area contributed by atoms with Crippen LogP contribution in [-0.2, 0) is 15.8 Å². The minimum atomic E-state index is -3.47. The summed E-state index contributed by atoms with van der Waals surface area (Å²) in [5.74, 6) is -0.0685. The Hall–Kier alpha value is -1.12. The summed E-state index contributed by atoms with van der Waals surface area (Å²) in [4.78, 5) is 0. The van der Waals surface area contributed by atoms with Crippen LogP contribution in [0.1, 0.15) is 25.0 Å². The molecule has 1 aromatic carbocycles. The van der Waals surface area contributed by atoms with Gasteiger partial charge in [-0.2, -0.15) is 0 Å². The lowest BCUT2D eigenvalue weighted by Crippen LogP contribution is -2.15. The number of thioether (sulfide) groups is 1. The molecule has 0 spiro atoms. The third-order valence-electron chi connectivity index (χ3n) is 2.42. The molecule has 0 saturated carbocycles. The second kappa shape index (κ2) is 6.76. The van der Waals surface area contributed by atoms with Crippen molar-refractivity contribution in [3.8, 4) is 0 Å². The van der Waals surface area contributed by atoms with E-state index in [1.165, 1.54) is 11.3 Å². The summed E-state index contributed by atoms with van der Waals surface area (Å²) in [5.41, 5.74) is 1.79. The Morgan fingerprint density at radius 1 is 1.33 bits per heavy atom. The number of nitrogens with zero attached hydrogens (tertiary/aromatic N) is 2. The van der Waals surface area contributed by atoms with Gasteiger partial charge in [0.25, 0.3) is 0 Å². The first-order chi connectivity index (χ1) is 9.84. The van der Waals surface area contributed by atoms with Crippen molar-refractivity contribution in [3.05, 3.63) is 35.4 Å². The molecule has 2 rings (SSSR count). The van der Waals surface area contributed by atoms with Crippen molar-refractivity contribution in [2.75, 3.05) is 4.72 Å². The van der Waals surface area contributed by atoms with Gasteiger partial charge in [-0.15, -0.1) is 10.2 Å². The molecule has 2 aromatic rings. The van der Waals surface area contributed by atoms with Crippen molar-refractivity contribution in [1.29, 1.82) is 0 Å². The maximum absolute atomic E-state index is 12.1. The smallest absolute Gasteiger partial charge is 0.238 e. The van der Waals surface area contributed by atoms with Gasteiger partial charge in [0, 0.05) is 5.25 Å². The van der Waals surface area contributed by atoms with Crippen LogP contribution in [0.4, 0.5) is 5.13 Å². The molecule has 1 N–H and O–H groups in total. The molecule has 0 saturated heterocycles. The molecule has 0 aliphatic rings. The fourth-order valence-electron chi connectivity index (χ4n) is 1.69. The first-order valence-corrected chi connectivity index (χ1v) is 9.75. The van der Waals surface area contributed by atoms with Crippen LogP contribution in [0, 0.1) is 6.92 Å². The Balaban J connectivity index is 2.05. The second-order valence-electron chi connectivity index (χ2n) is 4.89. The minimum absolute atomic E-state index is 0.0685. The van der Waals surface area contributed by atoms with Crippen molar-refractivity contribution in [2.45, 2.75) is 36.1 Å². The number of benzene rings is 1. The minimum Gasteiger partial charge on any atom is -0.257 e. The van der Waals surface area contributed by atoms with E-state index in [0.29, 0.717) is 10.4 Å². The van der Waals surface area contributed by atoms with Gasteiger partial charge in [0.1, 0.15) is 0 Å². The third kappa shape index (κ3) is 5.29. The molecule has 0 radical (unpaired) electrons. The van der Waals surface area contributed by atoms with Crippen molar-refractivity contribution >= 4 is 38.3 Å². The van der Waals surface area contributed by atoms with Crippen LogP contribution < -0.4 is 4.72 Å². The topological polar surface area (TPSA) is 72.0 Å². The molecule has 1 aromatic heterocycles. The monoisotopic (exact) mass is 343 g/mol. The highest BCUT2D eigenvalue weighted by molar-refractivity contribution is 8.01. The second-order valence-corrected chi connectivity index (χ2v) is 9.41. The molecule has 0 bridgehead atoms. The summed E-state index contributed by atoms with van der Waals surface area (Å²) < 4.78 is 27.5. The van der Waals surface area contributed by atoms with E-state index in [0.717, 1.165) is 15.5 Å². The van der Waals surface area contributed by atoms with Crippen LogP contribution in [0.25, 0.3) is 0 Å². The quantitative estimate of drug-likeness (QED) is 0.815. The zero-order valence-electron chi connectivity index (χ0n) is 12.0. The molecule has 0 unspecified atom stereocenters. The number of sulfonamides is 1. The summed E-state index contributed by atoms with van der Waals surface area (Å²) in [6, 6.07) is 7.44. The van der Waals surface area contributed by atoms with Gasteiger partial charge < -0.3 is 0 Å². The Kier molecular flexibility index (Phi) is 5.23. The van der Waals surface area contributed by atoms with Crippen LogP contribution in [-0.4, -0.2) is 23.9 Å². The van der Waals surface area contributed by atoms with E-state index in [1.807, 2.05) is 39.0 Å². The van der Waals surface area contributed by atoms with Crippen molar-refractivity contribution in [3.63, 3.8) is 0 Å². The lowest BCUT2D eigenvalue weighted by Gasteiger charge is -2.05. The van der Waals surface area contributed by atoms with E-state index in [1.54, 1.807) is 17.8 Å². The molecule has 5 nitrogen and oxygen atoms in total. The maximum atomic E-state index is 12.1. The highest BCUT2D eigenvalue weighted by Crippen LogP contribution is 2.29. The summed E-state index contributed by atoms with van der Waals surface area (Å²) in [6.45, 7) is 6.03. The summed E-state index contributed by atoms with van der Waals surface area (Å²) in [6.07, 6.45) is 0. The molecule has 1 heterocycles. The largest absolute Gasteiger partial charge is 0.257 e. The summed E-state index contributed by atoms with van der Waals surface area (Å²) >= 11 is 2.81. The van der Waals surface area contributed by atoms with E-state index in [-0.39, 0.29) is 5.75 Å². The first kappa shape index (κ1) is 16.3. The average Bonchev–Trinajstić information content (AvgIpc) is 2.73. The molecule has 0 amide bonds. The van der Waals surface area contributed by atoms with Gasteiger partial charge in [-0.1, -0.05) is 66.8 Å². The van der Waals surface area contributed by atoms with Crippen LogP contribution in [0.3, 0.4) is 0 Å². The van der Waals surface area contributed by atoms with Gasteiger partial charge in [0.2, 0.25) is 15.2 Å². The number of anilines is 1. The molecule has 114 valence electrons. The SMILES string of the molecule is Cc1cccc(CS(=O)(=O)Nc2nnc(SC(C)C)s2)c1. The van der Waals surface area contributed by atoms with Crippen LogP contribution in [0.5, 0.6) is 0 Å². The van der Waals surface area contributed by atoms with Crippen molar-refractivity contribution < 1.29 is 8.42 Å². The normalized spacial score (nSPS) is 11.8. The van der Waals surface area contributed by atoms with Gasteiger partial charge in [-0.25, -0.2) is 8.42 Å². The van der Waals surface area contributed by atoms with E-state index in [2.05, 4.69) is 14.9 Å². The van der Waals surface area contributed by atoms with E-state index in [9.17, 15) is 8.42 Å². The Bertz CT molecular complexity index is 711. The Morgan fingerprint density at radius 2 is 2.10 bits per heavy atom. The number of rotatable bonds is 6. The molecule has 0 aliphatic carbocycles. The zero-order valence-corrected chi connectivity index (χ0v) is 14.5.